The smallest absolute Gasteiger partial charge is 0.316 e. The molecule has 0 heterocycles. The maximum absolute atomic E-state index is 12.0. The van der Waals surface area contributed by atoms with Gasteiger partial charge in [-0.25, -0.2) is 0 Å². The van der Waals surface area contributed by atoms with Crippen LogP contribution in [-0.2, 0) is 23.9 Å². The molecule has 0 spiro atoms. The van der Waals surface area contributed by atoms with Gasteiger partial charge in [0.25, 0.3) is 0 Å². The molecule has 1 unspecified atom stereocenters. The first-order chi connectivity index (χ1) is 8.54. The summed E-state index contributed by atoms with van der Waals surface area (Å²) >= 11 is 0. The van der Waals surface area contributed by atoms with Gasteiger partial charge in [0.05, 0.1) is 25.0 Å². The van der Waals surface area contributed by atoms with Crippen LogP contribution in [0, 0.1) is 5.41 Å². The third-order valence-electron chi connectivity index (χ3n) is 2.85. The second-order valence-electron chi connectivity index (χ2n) is 4.16. The molecule has 5 nitrogen and oxygen atoms in total. The molecule has 1 atom stereocenters. The van der Waals surface area contributed by atoms with Crippen LogP contribution in [0.5, 0.6) is 0 Å². The molecule has 0 amide bonds. The van der Waals surface area contributed by atoms with Crippen LogP contribution < -0.4 is 0 Å². The average Bonchev–Trinajstić information content (AvgIpc) is 2.33. The van der Waals surface area contributed by atoms with Crippen LogP contribution in [0.3, 0.4) is 0 Å². The molecule has 18 heavy (non-hydrogen) atoms. The second-order valence-corrected chi connectivity index (χ2v) is 4.16. The molecular weight excluding hydrogens is 236 g/mol. The highest BCUT2D eigenvalue weighted by atomic mass is 16.5. The number of esters is 2. The van der Waals surface area contributed by atoms with E-state index >= 15 is 0 Å². The Morgan fingerprint density at radius 2 is 1.94 bits per heavy atom. The van der Waals surface area contributed by atoms with Gasteiger partial charge in [0.1, 0.15) is 0 Å². The minimum absolute atomic E-state index is 0.0428. The van der Waals surface area contributed by atoms with Crippen molar-refractivity contribution in [1.29, 1.82) is 0 Å². The summed E-state index contributed by atoms with van der Waals surface area (Å²) in [4.78, 5) is 34.7. The van der Waals surface area contributed by atoms with Crippen molar-refractivity contribution in [2.45, 2.75) is 33.1 Å². The zero-order valence-corrected chi connectivity index (χ0v) is 10.7. The largest absolute Gasteiger partial charge is 0.466 e. The van der Waals surface area contributed by atoms with Crippen molar-refractivity contribution in [3.63, 3.8) is 0 Å². The fraction of sp³-hybridized carbons (Fsp3) is 0.615. The first-order valence-electron chi connectivity index (χ1n) is 6.09. The number of ether oxygens (including phenoxy) is 2. The summed E-state index contributed by atoms with van der Waals surface area (Å²) in [6.45, 7) is 3.91. The molecule has 0 bridgehead atoms. The molecule has 0 radical (unpaired) electrons. The zero-order valence-electron chi connectivity index (χ0n) is 10.7. The van der Waals surface area contributed by atoms with Gasteiger partial charge in [-0.15, -0.1) is 0 Å². The van der Waals surface area contributed by atoms with Gasteiger partial charge in [-0.1, -0.05) is 6.08 Å². The van der Waals surface area contributed by atoms with Gasteiger partial charge in [0.2, 0.25) is 0 Å². The number of rotatable bonds is 5. The Hall–Kier alpha value is -1.65. The summed E-state index contributed by atoms with van der Waals surface area (Å²) in [5.74, 6) is -0.967. The van der Waals surface area contributed by atoms with Gasteiger partial charge in [-0.3, -0.25) is 14.4 Å². The number of carbonyl (C=O) groups is 3. The van der Waals surface area contributed by atoms with Crippen molar-refractivity contribution in [2.24, 2.45) is 5.41 Å². The normalized spacial score (nSPS) is 22.7. The maximum atomic E-state index is 12.0. The van der Waals surface area contributed by atoms with Gasteiger partial charge in [0, 0.05) is 6.42 Å². The van der Waals surface area contributed by atoms with Gasteiger partial charge in [-0.2, -0.15) is 0 Å². The molecule has 0 aromatic carbocycles. The van der Waals surface area contributed by atoms with Crippen molar-refractivity contribution >= 4 is 17.7 Å². The van der Waals surface area contributed by atoms with E-state index in [0.29, 0.717) is 6.42 Å². The number of carbonyl (C=O) groups excluding carboxylic acids is 3. The monoisotopic (exact) mass is 254 g/mol. The van der Waals surface area contributed by atoms with Crippen molar-refractivity contribution in [2.75, 3.05) is 13.2 Å². The number of hydrogen-bond acceptors (Lipinski definition) is 5. The molecule has 0 saturated carbocycles. The van der Waals surface area contributed by atoms with Gasteiger partial charge >= 0.3 is 11.9 Å². The van der Waals surface area contributed by atoms with Gasteiger partial charge < -0.3 is 9.47 Å². The Morgan fingerprint density at radius 1 is 1.28 bits per heavy atom. The van der Waals surface area contributed by atoms with Crippen molar-refractivity contribution in [1.82, 2.24) is 0 Å². The minimum atomic E-state index is -1.05. The lowest BCUT2D eigenvalue weighted by Crippen LogP contribution is -2.36. The minimum Gasteiger partial charge on any atom is -0.466 e. The Labute approximate surface area is 106 Å². The van der Waals surface area contributed by atoms with Crippen LogP contribution in [-0.4, -0.2) is 30.9 Å². The van der Waals surface area contributed by atoms with Crippen LogP contribution in [0.1, 0.15) is 33.1 Å². The molecule has 0 aliphatic heterocycles. The molecule has 0 aromatic rings. The summed E-state index contributed by atoms with van der Waals surface area (Å²) < 4.78 is 9.85. The molecule has 100 valence electrons. The van der Waals surface area contributed by atoms with E-state index in [2.05, 4.69) is 0 Å². The van der Waals surface area contributed by atoms with E-state index in [1.165, 1.54) is 12.2 Å². The van der Waals surface area contributed by atoms with E-state index in [1.807, 2.05) is 0 Å². The lowest BCUT2D eigenvalue weighted by atomic mass is 9.76. The highest BCUT2D eigenvalue weighted by Crippen LogP contribution is 2.35. The fourth-order valence-electron chi connectivity index (χ4n) is 1.90. The van der Waals surface area contributed by atoms with Gasteiger partial charge in [0.15, 0.2) is 5.78 Å². The number of ketones is 1. The molecule has 0 N–H and O–H groups in total. The predicted molar refractivity (Wildman–Crippen MR) is 63.7 cm³/mol. The van der Waals surface area contributed by atoms with Crippen LogP contribution in [0.2, 0.25) is 0 Å². The Bertz CT molecular complexity index is 372. The number of hydrogen-bond donors (Lipinski definition) is 0. The average molecular weight is 254 g/mol. The van der Waals surface area contributed by atoms with Crippen LogP contribution in [0.25, 0.3) is 0 Å². The molecule has 1 aliphatic carbocycles. The summed E-state index contributed by atoms with van der Waals surface area (Å²) in [5.41, 5.74) is -1.05. The molecule has 1 rings (SSSR count). The Balaban J connectivity index is 2.88. The SMILES string of the molecule is CCOC(=O)CC1(C(=O)OCC)C=CC(=O)CC1. The molecule has 0 aromatic heterocycles. The maximum Gasteiger partial charge on any atom is 0.316 e. The molecule has 0 fully saturated rings. The van der Waals surface area contributed by atoms with E-state index in [0.717, 1.165) is 0 Å². The van der Waals surface area contributed by atoms with Crippen LogP contribution >= 0.6 is 0 Å². The van der Waals surface area contributed by atoms with Crippen molar-refractivity contribution < 1.29 is 23.9 Å². The van der Waals surface area contributed by atoms with E-state index in [4.69, 9.17) is 9.47 Å². The molecule has 1 aliphatic rings. The summed E-state index contributed by atoms with van der Waals surface area (Å²) in [7, 11) is 0. The highest BCUT2D eigenvalue weighted by molar-refractivity contribution is 5.95. The van der Waals surface area contributed by atoms with E-state index in [9.17, 15) is 14.4 Å². The summed E-state index contributed by atoms with van der Waals surface area (Å²) in [6, 6.07) is 0. The predicted octanol–water partition coefficient (Wildman–Crippen LogP) is 1.41. The highest BCUT2D eigenvalue weighted by Gasteiger charge is 2.42. The zero-order chi connectivity index (χ0) is 13.6. The molecule has 0 saturated heterocycles. The quantitative estimate of drug-likeness (QED) is 0.694. The third kappa shape index (κ3) is 3.42. The van der Waals surface area contributed by atoms with Crippen molar-refractivity contribution in [3.05, 3.63) is 12.2 Å². The van der Waals surface area contributed by atoms with Crippen molar-refractivity contribution in [3.8, 4) is 0 Å². The first-order valence-corrected chi connectivity index (χ1v) is 6.09. The Morgan fingerprint density at radius 3 is 2.44 bits per heavy atom. The topological polar surface area (TPSA) is 69.7 Å². The lowest BCUT2D eigenvalue weighted by molar-refractivity contribution is -0.160. The summed E-state index contributed by atoms with van der Waals surface area (Å²) in [6.07, 6.45) is 3.28. The number of allylic oxidation sites excluding steroid dienone is 1. The standard InChI is InChI=1S/C13H18O5/c1-3-17-11(15)9-13(12(16)18-4-2)7-5-10(14)6-8-13/h5,7H,3-4,6,8-9H2,1-2H3. The Kier molecular flexibility index (Phi) is 5.07. The first kappa shape index (κ1) is 14.4. The lowest BCUT2D eigenvalue weighted by Gasteiger charge is -2.29. The van der Waals surface area contributed by atoms with E-state index in [1.54, 1.807) is 13.8 Å². The second kappa shape index (κ2) is 6.33. The van der Waals surface area contributed by atoms with Crippen LogP contribution in [0.15, 0.2) is 12.2 Å². The van der Waals surface area contributed by atoms with E-state index in [-0.39, 0.29) is 31.8 Å². The van der Waals surface area contributed by atoms with Gasteiger partial charge in [-0.05, 0) is 26.3 Å². The molecule has 5 heteroatoms. The molecular formula is C13H18O5. The van der Waals surface area contributed by atoms with E-state index < -0.39 is 17.4 Å². The fourth-order valence-corrected chi connectivity index (χ4v) is 1.90. The third-order valence-corrected chi connectivity index (χ3v) is 2.85. The van der Waals surface area contributed by atoms with Crippen LogP contribution in [0.4, 0.5) is 0 Å². The summed E-state index contributed by atoms with van der Waals surface area (Å²) in [5, 5.41) is 0.